The van der Waals surface area contributed by atoms with Crippen LogP contribution in [0.25, 0.3) is 22.3 Å². The number of anilines is 1. The number of benzene rings is 1. The second-order valence-electron chi connectivity index (χ2n) is 12.2. The number of aliphatic hydroxyl groups is 1. The molecule has 1 saturated heterocycles. The van der Waals surface area contributed by atoms with E-state index in [9.17, 15) is 9.90 Å². The van der Waals surface area contributed by atoms with Crippen LogP contribution in [0.3, 0.4) is 0 Å². The summed E-state index contributed by atoms with van der Waals surface area (Å²) in [6, 6.07) is 7.96. The minimum Gasteiger partial charge on any atom is -0.390 e. The molecule has 0 atom stereocenters. The molecule has 6 rings (SSSR count). The van der Waals surface area contributed by atoms with Gasteiger partial charge in [-0.2, -0.15) is 5.10 Å². The summed E-state index contributed by atoms with van der Waals surface area (Å²) in [4.78, 5) is 25.2. The molecule has 2 fully saturated rings. The normalized spacial score (nSPS) is 22.3. The van der Waals surface area contributed by atoms with E-state index in [2.05, 4.69) is 50.1 Å². The highest BCUT2D eigenvalue weighted by Gasteiger charge is 2.32. The number of hydrogen-bond donors (Lipinski definition) is 2. The standard InChI is InChI=1S/C31H38FN7O2/c1-19-15-24(27(32)28(34-19)22-17-33-38(4)18-22)29(40)36-30-35-25-16-21(20-9-13-37(3)14-10-20)5-6-26(25)39(30)23-7-11-31(2,41)12-8-23/h5-6,15-18,20,23,41H,7-14H2,1-4H3,(H,35,36,40). The van der Waals surface area contributed by atoms with Crippen molar-refractivity contribution in [2.75, 3.05) is 25.5 Å². The number of hydrogen-bond acceptors (Lipinski definition) is 6. The molecule has 1 saturated carbocycles. The number of imidazole rings is 1. The van der Waals surface area contributed by atoms with Crippen molar-refractivity contribution in [2.24, 2.45) is 7.05 Å². The summed E-state index contributed by atoms with van der Waals surface area (Å²) < 4.78 is 19.4. The van der Waals surface area contributed by atoms with Crippen molar-refractivity contribution < 1.29 is 14.3 Å². The zero-order valence-electron chi connectivity index (χ0n) is 24.2. The predicted octanol–water partition coefficient (Wildman–Crippen LogP) is 5.21. The van der Waals surface area contributed by atoms with Gasteiger partial charge in [-0.05, 0) is 102 Å². The first-order valence-electron chi connectivity index (χ1n) is 14.5. The zero-order chi connectivity index (χ0) is 28.9. The molecule has 41 heavy (non-hydrogen) atoms. The Balaban J connectivity index is 1.37. The molecule has 1 aliphatic carbocycles. The van der Waals surface area contributed by atoms with Crippen LogP contribution in [0, 0.1) is 12.7 Å². The lowest BCUT2D eigenvalue weighted by Gasteiger charge is -2.34. The second kappa shape index (κ2) is 10.6. The maximum absolute atomic E-state index is 15.7. The van der Waals surface area contributed by atoms with Gasteiger partial charge in [-0.3, -0.25) is 14.8 Å². The summed E-state index contributed by atoms with van der Waals surface area (Å²) in [5.41, 5.74) is 3.35. The van der Waals surface area contributed by atoms with Crippen LogP contribution in [0.2, 0.25) is 0 Å². The number of aryl methyl sites for hydroxylation is 2. The van der Waals surface area contributed by atoms with Gasteiger partial charge in [0.2, 0.25) is 5.95 Å². The van der Waals surface area contributed by atoms with E-state index < -0.39 is 17.3 Å². The number of aromatic nitrogens is 5. The Morgan fingerprint density at radius 2 is 1.83 bits per heavy atom. The first-order valence-corrected chi connectivity index (χ1v) is 14.5. The van der Waals surface area contributed by atoms with Gasteiger partial charge in [0.25, 0.3) is 5.91 Å². The minimum absolute atomic E-state index is 0.0553. The predicted molar refractivity (Wildman–Crippen MR) is 156 cm³/mol. The number of nitrogens with zero attached hydrogens (tertiary/aromatic N) is 6. The maximum atomic E-state index is 15.7. The number of fused-ring (bicyclic) bond motifs is 1. The number of nitrogens with one attached hydrogen (secondary N) is 1. The van der Waals surface area contributed by atoms with Gasteiger partial charge in [0.05, 0.1) is 28.4 Å². The first-order chi connectivity index (χ1) is 19.6. The lowest BCUT2D eigenvalue weighted by Crippen LogP contribution is -2.32. The number of likely N-dealkylation sites (tertiary alicyclic amines) is 1. The molecule has 1 aliphatic heterocycles. The van der Waals surface area contributed by atoms with E-state index in [1.165, 1.54) is 17.8 Å². The van der Waals surface area contributed by atoms with E-state index in [-0.39, 0.29) is 17.3 Å². The summed E-state index contributed by atoms with van der Waals surface area (Å²) in [6.45, 7) is 5.75. The van der Waals surface area contributed by atoms with Crippen molar-refractivity contribution in [3.05, 3.63) is 59.3 Å². The molecule has 3 aromatic heterocycles. The van der Waals surface area contributed by atoms with Crippen LogP contribution in [0.5, 0.6) is 0 Å². The summed E-state index contributed by atoms with van der Waals surface area (Å²) >= 11 is 0. The molecule has 0 unspecified atom stereocenters. The van der Waals surface area contributed by atoms with Gasteiger partial charge in [-0.25, -0.2) is 14.4 Å². The molecule has 9 nitrogen and oxygen atoms in total. The van der Waals surface area contributed by atoms with Gasteiger partial charge in [-0.1, -0.05) is 6.07 Å². The van der Waals surface area contributed by atoms with Crippen molar-refractivity contribution in [3.63, 3.8) is 0 Å². The largest absolute Gasteiger partial charge is 0.390 e. The van der Waals surface area contributed by atoms with Crippen LogP contribution in [0.1, 0.15) is 79.0 Å². The first kappa shape index (κ1) is 27.5. The molecule has 216 valence electrons. The Hall–Kier alpha value is -3.63. The van der Waals surface area contributed by atoms with Gasteiger partial charge in [0.1, 0.15) is 5.69 Å². The molecular formula is C31H38FN7O2. The lowest BCUT2D eigenvalue weighted by atomic mass is 9.83. The van der Waals surface area contributed by atoms with Gasteiger partial charge in [0, 0.05) is 30.5 Å². The zero-order valence-corrected chi connectivity index (χ0v) is 24.2. The Labute approximate surface area is 239 Å². The highest BCUT2D eigenvalue weighted by molar-refractivity contribution is 6.05. The van der Waals surface area contributed by atoms with Crippen molar-refractivity contribution >= 4 is 22.9 Å². The van der Waals surface area contributed by atoms with E-state index in [1.54, 1.807) is 24.9 Å². The Morgan fingerprint density at radius 3 is 2.51 bits per heavy atom. The number of carbonyl (C=O) groups excluding carboxylic acids is 1. The second-order valence-corrected chi connectivity index (χ2v) is 12.2. The number of pyridine rings is 1. The quantitative estimate of drug-likeness (QED) is 0.348. The lowest BCUT2D eigenvalue weighted by molar-refractivity contribution is 0.0106. The Kier molecular flexibility index (Phi) is 7.15. The summed E-state index contributed by atoms with van der Waals surface area (Å²) in [6.07, 6.45) is 8.24. The molecule has 4 heterocycles. The third-order valence-corrected chi connectivity index (χ3v) is 8.83. The summed E-state index contributed by atoms with van der Waals surface area (Å²) in [5, 5.41) is 17.7. The molecule has 2 aliphatic rings. The molecule has 10 heteroatoms. The average molecular weight is 560 g/mol. The minimum atomic E-state index is -0.696. The molecule has 1 aromatic carbocycles. The smallest absolute Gasteiger partial charge is 0.261 e. The third kappa shape index (κ3) is 5.50. The average Bonchev–Trinajstić information content (AvgIpc) is 3.53. The number of carbonyl (C=O) groups is 1. The van der Waals surface area contributed by atoms with Crippen molar-refractivity contribution in [2.45, 2.75) is 69.9 Å². The van der Waals surface area contributed by atoms with Crippen LogP contribution in [0.15, 0.2) is 36.7 Å². The molecular weight excluding hydrogens is 521 g/mol. The number of rotatable bonds is 5. The van der Waals surface area contributed by atoms with E-state index >= 15 is 4.39 Å². The molecule has 2 N–H and O–H groups in total. The number of piperidine rings is 1. The fraction of sp³-hybridized carbons (Fsp3) is 0.484. The molecule has 1 amide bonds. The van der Waals surface area contributed by atoms with E-state index in [4.69, 9.17) is 4.98 Å². The van der Waals surface area contributed by atoms with Crippen molar-refractivity contribution in [1.82, 2.24) is 29.2 Å². The van der Waals surface area contributed by atoms with E-state index in [0.29, 0.717) is 36.0 Å². The van der Waals surface area contributed by atoms with Crippen LogP contribution < -0.4 is 5.32 Å². The molecule has 0 radical (unpaired) electrons. The van der Waals surface area contributed by atoms with Crippen molar-refractivity contribution in [3.8, 4) is 11.3 Å². The number of halogens is 1. The fourth-order valence-corrected chi connectivity index (χ4v) is 6.38. The van der Waals surface area contributed by atoms with Crippen LogP contribution in [0.4, 0.5) is 10.3 Å². The SMILES string of the molecule is Cc1cc(C(=O)Nc2nc3cc(C4CCN(C)CC4)ccc3n2C2CCC(C)(O)CC2)c(F)c(-c2cnn(C)c2)n1. The highest BCUT2D eigenvalue weighted by Crippen LogP contribution is 2.39. The Morgan fingerprint density at radius 1 is 1.10 bits per heavy atom. The molecule has 0 spiro atoms. The van der Waals surface area contributed by atoms with Crippen LogP contribution in [-0.2, 0) is 7.05 Å². The van der Waals surface area contributed by atoms with Crippen molar-refractivity contribution in [1.29, 1.82) is 0 Å². The third-order valence-electron chi connectivity index (χ3n) is 8.83. The number of amides is 1. The molecule has 0 bridgehead atoms. The summed E-state index contributed by atoms with van der Waals surface area (Å²) in [7, 11) is 3.91. The van der Waals surface area contributed by atoms with Gasteiger partial charge >= 0.3 is 0 Å². The fourth-order valence-electron chi connectivity index (χ4n) is 6.38. The van der Waals surface area contributed by atoms with E-state index in [1.807, 2.05) is 6.92 Å². The van der Waals surface area contributed by atoms with Gasteiger partial charge < -0.3 is 14.6 Å². The van der Waals surface area contributed by atoms with Gasteiger partial charge in [0.15, 0.2) is 5.82 Å². The molecule has 4 aromatic rings. The Bertz CT molecular complexity index is 1590. The van der Waals surface area contributed by atoms with Crippen LogP contribution >= 0.6 is 0 Å². The topological polar surface area (TPSA) is 101 Å². The monoisotopic (exact) mass is 559 g/mol. The van der Waals surface area contributed by atoms with E-state index in [0.717, 1.165) is 49.8 Å². The summed E-state index contributed by atoms with van der Waals surface area (Å²) in [5.74, 6) is -0.396. The maximum Gasteiger partial charge on any atom is 0.261 e. The van der Waals surface area contributed by atoms with Crippen LogP contribution in [-0.4, -0.2) is 66.0 Å². The highest BCUT2D eigenvalue weighted by atomic mass is 19.1. The van der Waals surface area contributed by atoms with Gasteiger partial charge in [-0.15, -0.1) is 0 Å².